The minimum atomic E-state index is -0.512. The van der Waals surface area contributed by atoms with Crippen LogP contribution in [0.1, 0.15) is 0 Å². The fourth-order valence-corrected chi connectivity index (χ4v) is 1.16. The number of hydrogen-bond acceptors (Lipinski definition) is 4. The van der Waals surface area contributed by atoms with Crippen LogP contribution in [-0.2, 0) is 7.05 Å². The van der Waals surface area contributed by atoms with Gasteiger partial charge in [0.25, 0.3) is 0 Å². The van der Waals surface area contributed by atoms with Crippen LogP contribution >= 0.6 is 22.6 Å². The summed E-state index contributed by atoms with van der Waals surface area (Å²) in [5, 5.41) is 17.2. The Balaban J connectivity index is 3.23. The molecular formula is C3H3IN4O2. The minimum Gasteiger partial charge on any atom is -0.358 e. The summed E-state index contributed by atoms with van der Waals surface area (Å²) in [6.07, 6.45) is 0. The van der Waals surface area contributed by atoms with Crippen LogP contribution in [0.5, 0.6) is 0 Å². The van der Waals surface area contributed by atoms with Crippen molar-refractivity contribution in [3.63, 3.8) is 0 Å². The van der Waals surface area contributed by atoms with E-state index in [1.807, 2.05) is 0 Å². The summed E-state index contributed by atoms with van der Waals surface area (Å²) in [5.41, 5.74) is 0. The Morgan fingerprint density at radius 3 is 2.60 bits per heavy atom. The molecule has 7 heteroatoms. The van der Waals surface area contributed by atoms with E-state index in [1.54, 1.807) is 22.6 Å². The maximum Gasteiger partial charge on any atom is 0.378 e. The SMILES string of the molecule is Cn1nnc(I)c1[N+](=O)[O-]. The molecule has 1 aromatic heterocycles. The van der Waals surface area contributed by atoms with Crippen LogP contribution in [0.3, 0.4) is 0 Å². The Hall–Kier alpha value is -0.730. The molecule has 0 bridgehead atoms. The van der Waals surface area contributed by atoms with E-state index in [9.17, 15) is 10.1 Å². The third-order valence-corrected chi connectivity index (χ3v) is 1.63. The largest absolute Gasteiger partial charge is 0.378 e. The summed E-state index contributed by atoms with van der Waals surface area (Å²) >= 11 is 1.76. The third kappa shape index (κ3) is 1.08. The van der Waals surface area contributed by atoms with Gasteiger partial charge in [0.1, 0.15) is 7.05 Å². The standard InChI is InChI=1S/C3H3IN4O2/c1-7-3(8(9)10)2(4)5-6-7/h1H3. The lowest BCUT2D eigenvalue weighted by Crippen LogP contribution is -1.98. The zero-order chi connectivity index (χ0) is 7.72. The van der Waals surface area contributed by atoms with E-state index in [4.69, 9.17) is 0 Å². The van der Waals surface area contributed by atoms with Gasteiger partial charge in [-0.3, -0.25) is 0 Å². The second kappa shape index (κ2) is 2.48. The average Bonchev–Trinajstić information content (AvgIpc) is 2.11. The van der Waals surface area contributed by atoms with Gasteiger partial charge in [-0.15, -0.1) is 4.68 Å². The topological polar surface area (TPSA) is 73.8 Å². The Bertz CT molecular complexity index is 250. The maximum absolute atomic E-state index is 10.2. The predicted molar refractivity (Wildman–Crippen MR) is 40.4 cm³/mol. The molecule has 0 spiro atoms. The van der Waals surface area contributed by atoms with Gasteiger partial charge in [-0.05, 0) is 27.5 Å². The molecule has 0 atom stereocenters. The Morgan fingerprint density at radius 1 is 1.80 bits per heavy atom. The van der Waals surface area contributed by atoms with Crippen molar-refractivity contribution in [2.45, 2.75) is 0 Å². The van der Waals surface area contributed by atoms with Gasteiger partial charge in [0, 0.05) is 5.21 Å². The predicted octanol–water partition coefficient (Wildman–Crippen LogP) is 0.328. The lowest BCUT2D eigenvalue weighted by atomic mass is 10.8. The first-order valence-electron chi connectivity index (χ1n) is 2.32. The number of nitrogens with zero attached hydrogens (tertiary/aromatic N) is 4. The highest BCUT2D eigenvalue weighted by molar-refractivity contribution is 14.1. The zero-order valence-electron chi connectivity index (χ0n) is 4.98. The van der Waals surface area contributed by atoms with Gasteiger partial charge in [-0.1, -0.05) is 5.10 Å². The van der Waals surface area contributed by atoms with Crippen LogP contribution < -0.4 is 0 Å². The fourth-order valence-electron chi connectivity index (χ4n) is 0.520. The van der Waals surface area contributed by atoms with Crippen LogP contribution in [-0.4, -0.2) is 19.9 Å². The van der Waals surface area contributed by atoms with Crippen LogP contribution in [0.25, 0.3) is 0 Å². The van der Waals surface area contributed by atoms with Crippen LogP contribution in [0.4, 0.5) is 5.82 Å². The van der Waals surface area contributed by atoms with Crippen LogP contribution in [0, 0.1) is 13.8 Å². The van der Waals surface area contributed by atoms with Crippen molar-refractivity contribution in [1.82, 2.24) is 15.0 Å². The molecule has 54 valence electrons. The molecule has 0 saturated carbocycles. The maximum atomic E-state index is 10.2. The van der Waals surface area contributed by atoms with Crippen molar-refractivity contribution in [2.75, 3.05) is 0 Å². The molecule has 6 nitrogen and oxygen atoms in total. The van der Waals surface area contributed by atoms with Crippen molar-refractivity contribution in [3.05, 3.63) is 13.8 Å². The summed E-state index contributed by atoms with van der Waals surface area (Å²) < 4.78 is 1.44. The highest BCUT2D eigenvalue weighted by Gasteiger charge is 2.17. The first-order valence-corrected chi connectivity index (χ1v) is 3.40. The molecule has 0 aliphatic rings. The summed E-state index contributed by atoms with van der Waals surface area (Å²) in [4.78, 5) is 9.69. The Labute approximate surface area is 69.5 Å². The number of hydrogen-bond donors (Lipinski definition) is 0. The van der Waals surface area contributed by atoms with Gasteiger partial charge in [0.2, 0.25) is 3.70 Å². The number of halogens is 1. The zero-order valence-corrected chi connectivity index (χ0v) is 7.14. The summed E-state index contributed by atoms with van der Waals surface area (Å²) in [5.74, 6) is -0.0689. The molecule has 0 amide bonds. The van der Waals surface area contributed by atoms with Crippen LogP contribution in [0.15, 0.2) is 0 Å². The van der Waals surface area contributed by atoms with Gasteiger partial charge < -0.3 is 10.1 Å². The van der Waals surface area contributed by atoms with E-state index in [0.29, 0.717) is 3.70 Å². The first kappa shape index (κ1) is 7.38. The second-order valence-electron chi connectivity index (χ2n) is 1.58. The molecule has 10 heavy (non-hydrogen) atoms. The number of nitro groups is 1. The third-order valence-electron chi connectivity index (χ3n) is 0.931. The number of aryl methyl sites for hydroxylation is 1. The lowest BCUT2D eigenvalue weighted by Gasteiger charge is -1.89. The molecule has 0 N–H and O–H groups in total. The molecule has 0 radical (unpaired) electrons. The van der Waals surface area contributed by atoms with Gasteiger partial charge in [0.05, 0.1) is 0 Å². The van der Waals surface area contributed by atoms with Crippen molar-refractivity contribution in [1.29, 1.82) is 0 Å². The van der Waals surface area contributed by atoms with E-state index in [-0.39, 0.29) is 5.82 Å². The van der Waals surface area contributed by atoms with Crippen molar-refractivity contribution in [3.8, 4) is 0 Å². The Morgan fingerprint density at radius 2 is 2.40 bits per heavy atom. The molecule has 0 aliphatic heterocycles. The van der Waals surface area contributed by atoms with Crippen molar-refractivity contribution >= 4 is 28.4 Å². The fraction of sp³-hybridized carbons (Fsp3) is 0.333. The number of aromatic nitrogens is 3. The monoisotopic (exact) mass is 254 g/mol. The summed E-state index contributed by atoms with van der Waals surface area (Å²) in [6, 6.07) is 0. The molecule has 1 aromatic rings. The molecule has 1 rings (SSSR count). The van der Waals surface area contributed by atoms with Gasteiger partial charge in [-0.25, -0.2) is 0 Å². The van der Waals surface area contributed by atoms with Crippen molar-refractivity contribution < 1.29 is 4.92 Å². The molecule has 0 aromatic carbocycles. The molecular weight excluding hydrogens is 251 g/mol. The molecule has 0 unspecified atom stereocenters. The average molecular weight is 254 g/mol. The van der Waals surface area contributed by atoms with Gasteiger partial charge in [-0.2, -0.15) is 0 Å². The highest BCUT2D eigenvalue weighted by Crippen LogP contribution is 2.14. The minimum absolute atomic E-state index is 0.0689. The van der Waals surface area contributed by atoms with Crippen LogP contribution in [0.2, 0.25) is 0 Å². The van der Waals surface area contributed by atoms with E-state index >= 15 is 0 Å². The second-order valence-corrected chi connectivity index (χ2v) is 2.61. The summed E-state index contributed by atoms with van der Waals surface area (Å²) in [6.45, 7) is 0. The van der Waals surface area contributed by atoms with Gasteiger partial charge >= 0.3 is 5.82 Å². The van der Waals surface area contributed by atoms with E-state index in [1.165, 1.54) is 7.05 Å². The smallest absolute Gasteiger partial charge is 0.358 e. The van der Waals surface area contributed by atoms with E-state index < -0.39 is 4.92 Å². The van der Waals surface area contributed by atoms with Crippen molar-refractivity contribution in [2.24, 2.45) is 7.05 Å². The first-order chi connectivity index (χ1) is 4.63. The molecule has 1 heterocycles. The Kier molecular flexibility index (Phi) is 1.83. The normalized spacial score (nSPS) is 9.80. The van der Waals surface area contributed by atoms with E-state index in [2.05, 4.69) is 10.3 Å². The number of rotatable bonds is 1. The molecule has 0 aliphatic carbocycles. The van der Waals surface area contributed by atoms with Gasteiger partial charge in [0.15, 0.2) is 0 Å². The lowest BCUT2D eigenvalue weighted by molar-refractivity contribution is -0.393. The quantitative estimate of drug-likeness (QED) is 0.411. The van der Waals surface area contributed by atoms with E-state index in [0.717, 1.165) is 4.68 Å². The summed E-state index contributed by atoms with van der Waals surface area (Å²) in [7, 11) is 1.48. The highest BCUT2D eigenvalue weighted by atomic mass is 127. The molecule has 0 fully saturated rings. The molecule has 0 saturated heterocycles.